The van der Waals surface area contributed by atoms with E-state index in [9.17, 15) is 14.7 Å². The van der Waals surface area contributed by atoms with Crippen LogP contribution in [0.5, 0.6) is 5.75 Å². The van der Waals surface area contributed by atoms with E-state index in [1.54, 1.807) is 35.4 Å². The molecule has 4 N–H and O–H groups in total. The zero-order valence-electron chi connectivity index (χ0n) is 23.5. The molecule has 1 amide bonds. The average molecular weight is 552 g/mol. The molecule has 0 saturated heterocycles. The number of methoxy groups -OCH3 is 1. The lowest BCUT2D eigenvalue weighted by atomic mass is 9.95. The molecular formula is C32H33N5O4. The molecule has 1 heterocycles. The van der Waals surface area contributed by atoms with Crippen molar-refractivity contribution in [2.45, 2.75) is 45.8 Å². The molecule has 0 unspecified atom stereocenters. The molecule has 210 valence electrons. The summed E-state index contributed by atoms with van der Waals surface area (Å²) < 4.78 is 5.20. The standard InChI is InChI=1S/C32H33N5O4/c1-19-13-24(34-4)14-20(2)25(19)16-27(33)31(38)37(18-22-11-12-29(41-5)26(15-22)32(39)40)21(3)30-35-17-28(36-30)23-9-7-6-8-10-23/h6-15,17,21,27H,16,18,33H2,1-3,5H3,(H,35,36)(H,39,40)/t21-,27-/m0/s1. The number of aromatic carboxylic acids is 1. The third kappa shape index (κ3) is 6.45. The number of carbonyl (C=O) groups is 2. The second-order valence-electron chi connectivity index (χ2n) is 10.0. The maximum atomic E-state index is 14.0. The number of ether oxygens (including phenoxy) is 1. The van der Waals surface area contributed by atoms with Crippen LogP contribution in [-0.4, -0.2) is 45.0 Å². The van der Waals surface area contributed by atoms with Crippen LogP contribution in [-0.2, 0) is 17.8 Å². The molecule has 0 spiro atoms. The van der Waals surface area contributed by atoms with Crippen LogP contribution in [0.4, 0.5) is 5.69 Å². The monoisotopic (exact) mass is 551 g/mol. The van der Waals surface area contributed by atoms with Gasteiger partial charge in [-0.25, -0.2) is 14.6 Å². The van der Waals surface area contributed by atoms with Crippen molar-refractivity contribution in [1.82, 2.24) is 14.9 Å². The number of carbonyl (C=O) groups excluding carboxylic acids is 1. The summed E-state index contributed by atoms with van der Waals surface area (Å²) in [7, 11) is 1.41. The maximum Gasteiger partial charge on any atom is 0.339 e. The summed E-state index contributed by atoms with van der Waals surface area (Å²) in [5.74, 6) is -0.629. The Kier molecular flexibility index (Phi) is 8.85. The zero-order chi connectivity index (χ0) is 29.7. The number of hydrogen-bond donors (Lipinski definition) is 3. The van der Waals surface area contributed by atoms with Crippen LogP contribution in [0.15, 0.2) is 66.9 Å². The molecule has 4 aromatic rings. The molecule has 4 rings (SSSR count). The van der Waals surface area contributed by atoms with Crippen molar-refractivity contribution in [2.24, 2.45) is 5.73 Å². The van der Waals surface area contributed by atoms with E-state index in [0.29, 0.717) is 17.1 Å². The Labute approximate surface area is 239 Å². The average Bonchev–Trinajstić information content (AvgIpc) is 3.47. The Hall–Kier alpha value is -4.94. The summed E-state index contributed by atoms with van der Waals surface area (Å²) in [6.07, 6.45) is 2.01. The number of nitrogens with zero attached hydrogens (tertiary/aromatic N) is 3. The summed E-state index contributed by atoms with van der Waals surface area (Å²) in [4.78, 5) is 38.9. The number of imidazole rings is 1. The zero-order valence-corrected chi connectivity index (χ0v) is 23.5. The summed E-state index contributed by atoms with van der Waals surface area (Å²) in [5, 5.41) is 9.69. The summed E-state index contributed by atoms with van der Waals surface area (Å²) in [6, 6.07) is 16.8. The lowest BCUT2D eigenvalue weighted by molar-refractivity contribution is -0.135. The fourth-order valence-corrected chi connectivity index (χ4v) is 4.96. The third-order valence-corrected chi connectivity index (χ3v) is 7.22. The molecule has 0 aliphatic heterocycles. The lowest BCUT2D eigenvalue weighted by Crippen LogP contribution is -2.46. The minimum absolute atomic E-state index is 0.00450. The number of carboxylic acid groups (broad SMARTS) is 1. The summed E-state index contributed by atoms with van der Waals surface area (Å²) in [5.41, 5.74) is 12.2. The Morgan fingerprint density at radius 3 is 2.41 bits per heavy atom. The third-order valence-electron chi connectivity index (χ3n) is 7.22. The number of aryl methyl sites for hydroxylation is 2. The number of aromatic amines is 1. The summed E-state index contributed by atoms with van der Waals surface area (Å²) in [6.45, 7) is 13.1. The van der Waals surface area contributed by atoms with Crippen molar-refractivity contribution in [2.75, 3.05) is 7.11 Å². The van der Waals surface area contributed by atoms with E-state index in [4.69, 9.17) is 17.0 Å². The van der Waals surface area contributed by atoms with Gasteiger partial charge in [-0.3, -0.25) is 4.79 Å². The second-order valence-corrected chi connectivity index (χ2v) is 10.0. The highest BCUT2D eigenvalue weighted by atomic mass is 16.5. The van der Waals surface area contributed by atoms with Gasteiger partial charge in [0.15, 0.2) is 5.69 Å². The van der Waals surface area contributed by atoms with Crippen LogP contribution < -0.4 is 10.5 Å². The van der Waals surface area contributed by atoms with Crippen molar-refractivity contribution in [1.29, 1.82) is 0 Å². The van der Waals surface area contributed by atoms with E-state index in [0.717, 1.165) is 27.9 Å². The van der Waals surface area contributed by atoms with Crippen molar-refractivity contribution < 1.29 is 19.4 Å². The van der Waals surface area contributed by atoms with E-state index >= 15 is 0 Å². The van der Waals surface area contributed by atoms with Gasteiger partial charge in [0.2, 0.25) is 5.91 Å². The molecular weight excluding hydrogens is 518 g/mol. The summed E-state index contributed by atoms with van der Waals surface area (Å²) >= 11 is 0. The minimum atomic E-state index is -1.13. The first kappa shape index (κ1) is 29.1. The predicted molar refractivity (Wildman–Crippen MR) is 157 cm³/mol. The number of aromatic nitrogens is 2. The van der Waals surface area contributed by atoms with Crippen LogP contribution in [0, 0.1) is 20.4 Å². The predicted octanol–water partition coefficient (Wildman–Crippen LogP) is 5.61. The van der Waals surface area contributed by atoms with Crippen LogP contribution >= 0.6 is 0 Å². The first-order valence-corrected chi connectivity index (χ1v) is 13.2. The highest BCUT2D eigenvalue weighted by Gasteiger charge is 2.29. The van der Waals surface area contributed by atoms with Gasteiger partial charge >= 0.3 is 5.97 Å². The Bertz CT molecular complexity index is 1580. The van der Waals surface area contributed by atoms with Crippen LogP contribution in [0.25, 0.3) is 16.1 Å². The number of H-pyrrole nitrogens is 1. The molecule has 0 bridgehead atoms. The van der Waals surface area contributed by atoms with Crippen LogP contribution in [0.1, 0.15) is 51.4 Å². The molecule has 9 nitrogen and oxygen atoms in total. The van der Waals surface area contributed by atoms with Gasteiger partial charge in [-0.1, -0.05) is 59.7 Å². The quantitative estimate of drug-likeness (QED) is 0.220. The molecule has 9 heteroatoms. The number of amides is 1. The molecule has 0 fully saturated rings. The fourth-order valence-electron chi connectivity index (χ4n) is 4.96. The highest BCUT2D eigenvalue weighted by Crippen LogP contribution is 2.28. The van der Waals surface area contributed by atoms with Gasteiger partial charge in [0.1, 0.15) is 17.1 Å². The second kappa shape index (κ2) is 12.5. The molecule has 0 radical (unpaired) electrons. The minimum Gasteiger partial charge on any atom is -0.496 e. The van der Waals surface area contributed by atoms with Crippen molar-refractivity contribution in [3.63, 3.8) is 0 Å². The SMILES string of the molecule is [C-]#[N+]c1cc(C)c(C[C@H](N)C(=O)N(Cc2ccc(OC)c(C(=O)O)c2)[C@@H](C)c2ncc(-c3ccccc3)[nH]2)c(C)c1. The van der Waals surface area contributed by atoms with Crippen molar-refractivity contribution >= 4 is 17.6 Å². The Morgan fingerprint density at radius 2 is 1.80 bits per heavy atom. The largest absolute Gasteiger partial charge is 0.496 e. The van der Waals surface area contributed by atoms with Gasteiger partial charge in [0.25, 0.3) is 0 Å². The van der Waals surface area contributed by atoms with Gasteiger partial charge in [0, 0.05) is 6.54 Å². The van der Waals surface area contributed by atoms with Crippen molar-refractivity contribution in [3.05, 3.63) is 112 Å². The number of nitrogens with one attached hydrogen (secondary N) is 1. The highest BCUT2D eigenvalue weighted by molar-refractivity contribution is 5.91. The lowest BCUT2D eigenvalue weighted by Gasteiger charge is -2.31. The van der Waals surface area contributed by atoms with E-state index in [1.165, 1.54) is 13.2 Å². The molecule has 41 heavy (non-hydrogen) atoms. The fraction of sp³-hybridized carbons (Fsp3) is 0.250. The van der Waals surface area contributed by atoms with Gasteiger partial charge in [-0.05, 0) is 56.0 Å². The smallest absolute Gasteiger partial charge is 0.339 e. The van der Waals surface area contributed by atoms with Gasteiger partial charge < -0.3 is 25.5 Å². The number of nitrogens with two attached hydrogens (primary N) is 1. The van der Waals surface area contributed by atoms with Crippen LogP contribution in [0.3, 0.4) is 0 Å². The van der Waals surface area contributed by atoms with Gasteiger partial charge in [-0.15, -0.1) is 0 Å². The molecule has 1 aromatic heterocycles. The number of carboxylic acids is 1. The molecule has 0 aliphatic carbocycles. The van der Waals surface area contributed by atoms with E-state index < -0.39 is 18.1 Å². The van der Waals surface area contributed by atoms with Crippen LogP contribution in [0.2, 0.25) is 0 Å². The van der Waals surface area contributed by atoms with E-state index in [2.05, 4.69) is 14.8 Å². The topological polar surface area (TPSA) is 126 Å². The van der Waals surface area contributed by atoms with Gasteiger partial charge in [0.05, 0.1) is 37.7 Å². The van der Waals surface area contributed by atoms with Gasteiger partial charge in [-0.2, -0.15) is 0 Å². The number of rotatable bonds is 10. The Morgan fingerprint density at radius 1 is 1.12 bits per heavy atom. The van der Waals surface area contributed by atoms with E-state index in [-0.39, 0.29) is 30.2 Å². The van der Waals surface area contributed by atoms with Crippen molar-refractivity contribution in [3.8, 4) is 17.0 Å². The van der Waals surface area contributed by atoms with E-state index in [1.807, 2.05) is 51.1 Å². The first-order valence-electron chi connectivity index (χ1n) is 13.2. The molecule has 0 aliphatic rings. The molecule has 2 atom stereocenters. The maximum absolute atomic E-state index is 14.0. The first-order chi connectivity index (χ1) is 19.6. The Balaban J connectivity index is 1.68. The molecule has 0 saturated carbocycles. The normalized spacial score (nSPS) is 12.3. The number of hydrogen-bond acceptors (Lipinski definition) is 5. The molecule has 3 aromatic carbocycles. The number of benzene rings is 3.